The molecule has 3 heteroatoms. The van der Waals surface area contributed by atoms with E-state index in [-0.39, 0.29) is 24.1 Å². The first-order valence-electron chi connectivity index (χ1n) is 5.34. The Morgan fingerprint density at radius 2 is 2.20 bits per heavy atom. The molecule has 0 aromatic carbocycles. The molecular formula is C12H20O3. The van der Waals surface area contributed by atoms with E-state index in [1.54, 1.807) is 0 Å². The van der Waals surface area contributed by atoms with Gasteiger partial charge < -0.3 is 9.84 Å². The molecule has 15 heavy (non-hydrogen) atoms. The van der Waals surface area contributed by atoms with Crippen molar-refractivity contribution in [3.8, 4) is 0 Å². The minimum atomic E-state index is -0.226. The molecule has 0 heterocycles. The van der Waals surface area contributed by atoms with E-state index in [0.29, 0.717) is 0 Å². The van der Waals surface area contributed by atoms with E-state index in [0.717, 1.165) is 24.0 Å². The minimum Gasteiger partial charge on any atom is -0.462 e. The molecule has 3 nitrogen and oxygen atoms in total. The predicted octanol–water partition coefficient (Wildman–Crippen LogP) is 2.05. The molecule has 1 aliphatic rings. The molecule has 1 unspecified atom stereocenters. The molecule has 0 saturated heterocycles. The summed E-state index contributed by atoms with van der Waals surface area (Å²) in [7, 11) is 0. The first-order chi connectivity index (χ1) is 6.86. The molecule has 1 aliphatic carbocycles. The number of rotatable bonds is 2. The summed E-state index contributed by atoms with van der Waals surface area (Å²) in [6, 6.07) is 0. The lowest BCUT2D eigenvalue weighted by Gasteiger charge is -2.37. The number of aliphatic hydroxyl groups is 1. The van der Waals surface area contributed by atoms with Crippen LogP contribution in [0.2, 0.25) is 0 Å². The highest BCUT2D eigenvalue weighted by Gasteiger charge is 2.34. The Bertz CT molecular complexity index is 289. The molecule has 1 rings (SSSR count). The Labute approximate surface area is 91.1 Å². The highest BCUT2D eigenvalue weighted by Crippen LogP contribution is 2.40. The van der Waals surface area contributed by atoms with Gasteiger partial charge in [-0.15, -0.1) is 0 Å². The van der Waals surface area contributed by atoms with Gasteiger partial charge in [-0.3, -0.25) is 4.79 Å². The normalized spacial score (nSPS) is 25.3. The first-order valence-corrected chi connectivity index (χ1v) is 5.34. The van der Waals surface area contributed by atoms with Gasteiger partial charge in [0.15, 0.2) is 0 Å². The first kappa shape index (κ1) is 12.2. The van der Waals surface area contributed by atoms with Gasteiger partial charge in [0.25, 0.3) is 0 Å². The van der Waals surface area contributed by atoms with Gasteiger partial charge in [0, 0.05) is 13.3 Å². The van der Waals surface area contributed by atoms with Crippen LogP contribution in [0.5, 0.6) is 0 Å². The van der Waals surface area contributed by atoms with Gasteiger partial charge in [-0.05, 0) is 24.3 Å². The molecule has 0 aliphatic heterocycles. The summed E-state index contributed by atoms with van der Waals surface area (Å²) in [5, 5.41) is 9.30. The fraction of sp³-hybridized carbons (Fsp3) is 0.750. The van der Waals surface area contributed by atoms with Crippen LogP contribution in [0.25, 0.3) is 0 Å². The van der Waals surface area contributed by atoms with Crippen molar-refractivity contribution >= 4 is 5.97 Å². The minimum absolute atomic E-state index is 0.0344. The van der Waals surface area contributed by atoms with Gasteiger partial charge in [-0.1, -0.05) is 19.4 Å². The van der Waals surface area contributed by atoms with Crippen LogP contribution in [-0.4, -0.2) is 23.8 Å². The summed E-state index contributed by atoms with van der Waals surface area (Å²) in [4.78, 5) is 10.9. The molecule has 0 spiro atoms. The zero-order valence-corrected chi connectivity index (χ0v) is 9.96. The summed E-state index contributed by atoms with van der Waals surface area (Å²) in [6.45, 7) is 7.71. The maximum atomic E-state index is 10.9. The molecule has 0 bridgehead atoms. The van der Waals surface area contributed by atoms with E-state index in [1.807, 2.05) is 6.92 Å². The van der Waals surface area contributed by atoms with E-state index in [4.69, 9.17) is 4.74 Å². The second-order valence-corrected chi connectivity index (χ2v) is 4.94. The molecular weight excluding hydrogens is 192 g/mol. The Kier molecular flexibility index (Phi) is 3.55. The number of hydrogen-bond acceptors (Lipinski definition) is 3. The van der Waals surface area contributed by atoms with E-state index in [9.17, 15) is 9.90 Å². The third-order valence-electron chi connectivity index (χ3n) is 3.09. The molecule has 1 N–H and O–H groups in total. The van der Waals surface area contributed by atoms with Gasteiger partial charge in [0.1, 0.15) is 6.10 Å². The second-order valence-electron chi connectivity index (χ2n) is 4.94. The van der Waals surface area contributed by atoms with E-state index in [1.165, 1.54) is 6.92 Å². The van der Waals surface area contributed by atoms with Gasteiger partial charge >= 0.3 is 5.97 Å². The monoisotopic (exact) mass is 212 g/mol. The van der Waals surface area contributed by atoms with Crippen molar-refractivity contribution in [2.75, 3.05) is 6.61 Å². The van der Waals surface area contributed by atoms with Crippen molar-refractivity contribution < 1.29 is 14.6 Å². The molecule has 86 valence electrons. The fourth-order valence-corrected chi connectivity index (χ4v) is 2.47. The maximum Gasteiger partial charge on any atom is 0.302 e. The number of esters is 1. The zero-order chi connectivity index (χ0) is 11.6. The summed E-state index contributed by atoms with van der Waals surface area (Å²) in [5.74, 6) is -0.226. The van der Waals surface area contributed by atoms with Crippen LogP contribution < -0.4 is 0 Å². The van der Waals surface area contributed by atoms with Crippen LogP contribution >= 0.6 is 0 Å². The van der Waals surface area contributed by atoms with Gasteiger partial charge in [0.2, 0.25) is 0 Å². The predicted molar refractivity (Wildman–Crippen MR) is 58.4 cm³/mol. The Morgan fingerprint density at radius 1 is 1.60 bits per heavy atom. The highest BCUT2D eigenvalue weighted by molar-refractivity contribution is 5.66. The zero-order valence-electron chi connectivity index (χ0n) is 9.96. The lowest BCUT2D eigenvalue weighted by atomic mass is 9.72. The average Bonchev–Trinajstić information content (AvgIpc) is 1.99. The lowest BCUT2D eigenvalue weighted by molar-refractivity contribution is -0.147. The van der Waals surface area contributed by atoms with Crippen molar-refractivity contribution in [2.24, 2.45) is 5.41 Å². The molecule has 0 aromatic rings. The SMILES string of the molecule is CC(=O)OC1CC(C)=C(CO)C(C)(C)C1. The topological polar surface area (TPSA) is 46.5 Å². The molecule has 0 aromatic heterocycles. The number of hydrogen-bond donors (Lipinski definition) is 1. The lowest BCUT2D eigenvalue weighted by Crippen LogP contribution is -2.33. The Hall–Kier alpha value is -0.830. The van der Waals surface area contributed by atoms with Crippen molar-refractivity contribution in [3.05, 3.63) is 11.1 Å². The third-order valence-corrected chi connectivity index (χ3v) is 3.09. The number of aliphatic hydroxyl groups excluding tert-OH is 1. The summed E-state index contributed by atoms with van der Waals surface area (Å²) in [5.41, 5.74) is 2.17. The van der Waals surface area contributed by atoms with E-state index >= 15 is 0 Å². The van der Waals surface area contributed by atoms with Crippen molar-refractivity contribution in [1.82, 2.24) is 0 Å². The third kappa shape index (κ3) is 2.81. The number of carbonyl (C=O) groups is 1. The van der Waals surface area contributed by atoms with Crippen LogP contribution in [0.4, 0.5) is 0 Å². The van der Waals surface area contributed by atoms with Gasteiger partial charge in [0.05, 0.1) is 6.61 Å². The molecule has 0 fully saturated rings. The summed E-state index contributed by atoms with van der Waals surface area (Å²) < 4.78 is 5.24. The summed E-state index contributed by atoms with van der Waals surface area (Å²) >= 11 is 0. The average molecular weight is 212 g/mol. The molecule has 0 amide bonds. The van der Waals surface area contributed by atoms with Crippen LogP contribution in [0.1, 0.15) is 40.5 Å². The smallest absolute Gasteiger partial charge is 0.302 e. The van der Waals surface area contributed by atoms with Crippen LogP contribution in [0.3, 0.4) is 0 Å². The van der Waals surface area contributed by atoms with E-state index < -0.39 is 0 Å². The van der Waals surface area contributed by atoms with Crippen LogP contribution in [-0.2, 0) is 9.53 Å². The number of carbonyl (C=O) groups excluding carboxylic acids is 1. The molecule has 1 atom stereocenters. The number of ether oxygens (including phenoxy) is 1. The fourth-order valence-electron chi connectivity index (χ4n) is 2.47. The van der Waals surface area contributed by atoms with Gasteiger partial charge in [-0.2, -0.15) is 0 Å². The van der Waals surface area contributed by atoms with Crippen LogP contribution in [0, 0.1) is 5.41 Å². The highest BCUT2D eigenvalue weighted by atomic mass is 16.5. The van der Waals surface area contributed by atoms with Crippen molar-refractivity contribution in [2.45, 2.75) is 46.6 Å². The second kappa shape index (κ2) is 4.35. The van der Waals surface area contributed by atoms with E-state index in [2.05, 4.69) is 13.8 Å². The summed E-state index contributed by atoms with van der Waals surface area (Å²) in [6.07, 6.45) is 1.51. The van der Waals surface area contributed by atoms with Crippen molar-refractivity contribution in [1.29, 1.82) is 0 Å². The standard InChI is InChI=1S/C12H20O3/c1-8-5-10(15-9(2)14)6-12(3,4)11(8)7-13/h10,13H,5-7H2,1-4H3. The largest absolute Gasteiger partial charge is 0.462 e. The Morgan fingerprint density at radius 3 is 2.60 bits per heavy atom. The van der Waals surface area contributed by atoms with Crippen molar-refractivity contribution in [3.63, 3.8) is 0 Å². The maximum absolute atomic E-state index is 10.9. The molecule has 0 saturated carbocycles. The molecule has 0 radical (unpaired) electrons. The van der Waals surface area contributed by atoms with Crippen LogP contribution in [0.15, 0.2) is 11.1 Å². The Balaban J connectivity index is 2.84. The van der Waals surface area contributed by atoms with Gasteiger partial charge in [-0.25, -0.2) is 0 Å². The quantitative estimate of drug-likeness (QED) is 0.563.